The fourth-order valence-corrected chi connectivity index (χ4v) is 6.25. The lowest BCUT2D eigenvalue weighted by Crippen LogP contribution is -2.41. The molecule has 1 heterocycles. The Morgan fingerprint density at radius 1 is 0.978 bits per heavy atom. The summed E-state index contributed by atoms with van der Waals surface area (Å²) in [6.07, 6.45) is 0.656. The molecule has 0 radical (unpaired) electrons. The number of ketones is 1. The van der Waals surface area contributed by atoms with Crippen LogP contribution in [0.5, 0.6) is 0 Å². The molecule has 0 bridgehead atoms. The molecule has 0 spiro atoms. The van der Waals surface area contributed by atoms with Crippen molar-refractivity contribution in [2.75, 3.05) is 5.94 Å². The number of sulfone groups is 1. The van der Waals surface area contributed by atoms with Crippen molar-refractivity contribution in [3.05, 3.63) is 93.2 Å². The van der Waals surface area contributed by atoms with E-state index in [1.807, 2.05) is 0 Å². The first-order valence-electron chi connectivity index (χ1n) is 14.6. The van der Waals surface area contributed by atoms with Gasteiger partial charge in [-0.25, -0.2) is 26.5 Å². The van der Waals surface area contributed by atoms with E-state index < -0.39 is 66.0 Å². The third kappa shape index (κ3) is 9.20. The lowest BCUT2D eigenvalue weighted by Gasteiger charge is -2.25. The fourth-order valence-electron chi connectivity index (χ4n) is 4.41. The first-order chi connectivity index (χ1) is 21.1. The molecule has 3 rings (SSSR count). The smallest absolute Gasteiger partial charge is 0.408 e. The second-order valence-corrected chi connectivity index (χ2v) is 17.4. The van der Waals surface area contributed by atoms with Gasteiger partial charge in [0.05, 0.1) is 21.0 Å². The predicted molar refractivity (Wildman–Crippen MR) is 178 cm³/mol. The first-order valence-corrected chi connectivity index (χ1v) is 17.5. The summed E-state index contributed by atoms with van der Waals surface area (Å²) in [6.45, 7) is 13.8. The monoisotopic (exact) mass is 675 g/mol. The molecular weight excluding hydrogens is 634 g/mol. The standard InChI is InChI=1S/C33H42FN3O7S2/c1-20(36-45(41)33(6,7)8)26-17-29(38)37(9)18-28(26)27-16-23(12-15-25(27)30(39)22-10-13-24(34)14-11-22)21(2)46(42,43)19-44-31(40)35-32(3,4)5/h10-18,20-21,36H,19H2,1-9H3,(H,35,40)/t20-,21?,45?/m0/s1. The van der Waals surface area contributed by atoms with E-state index in [0.29, 0.717) is 22.3 Å². The van der Waals surface area contributed by atoms with Gasteiger partial charge in [0.15, 0.2) is 21.6 Å². The Balaban J connectivity index is 2.19. The van der Waals surface area contributed by atoms with Crippen LogP contribution in [0.2, 0.25) is 0 Å². The minimum absolute atomic E-state index is 0.171. The summed E-state index contributed by atoms with van der Waals surface area (Å²) in [5.74, 6) is -1.86. The molecule has 1 aromatic heterocycles. The first kappa shape index (κ1) is 36.8. The number of rotatable bonds is 10. The van der Waals surface area contributed by atoms with Gasteiger partial charge in [0.2, 0.25) is 0 Å². The third-order valence-corrected chi connectivity index (χ3v) is 10.6. The number of aromatic nitrogens is 1. The van der Waals surface area contributed by atoms with Gasteiger partial charge in [-0.3, -0.25) is 9.59 Å². The van der Waals surface area contributed by atoms with Crippen LogP contribution < -0.4 is 15.6 Å². The van der Waals surface area contributed by atoms with Gasteiger partial charge < -0.3 is 14.6 Å². The molecule has 2 aromatic carbocycles. The highest BCUT2D eigenvalue weighted by Gasteiger charge is 2.29. The van der Waals surface area contributed by atoms with Crippen LogP contribution in [0.15, 0.2) is 59.5 Å². The second-order valence-electron chi connectivity index (χ2n) is 13.2. The topological polar surface area (TPSA) is 141 Å². The van der Waals surface area contributed by atoms with Crippen molar-refractivity contribution in [3.63, 3.8) is 0 Å². The second kappa shape index (κ2) is 14.0. The summed E-state index contributed by atoms with van der Waals surface area (Å²) < 4.78 is 62.1. The third-order valence-electron chi connectivity index (χ3n) is 7.09. The summed E-state index contributed by atoms with van der Waals surface area (Å²) in [6, 6.07) is 10.3. The van der Waals surface area contributed by atoms with Crippen LogP contribution in [0, 0.1) is 5.82 Å². The molecule has 0 saturated heterocycles. The van der Waals surface area contributed by atoms with E-state index in [1.165, 1.54) is 48.0 Å². The van der Waals surface area contributed by atoms with Crippen LogP contribution in [0.3, 0.4) is 0 Å². The zero-order valence-electron chi connectivity index (χ0n) is 27.6. The molecule has 10 nitrogen and oxygen atoms in total. The highest BCUT2D eigenvalue weighted by molar-refractivity contribution is 7.91. The molecule has 0 aliphatic carbocycles. The normalized spacial score (nSPS) is 14.3. The number of amides is 1. The van der Waals surface area contributed by atoms with Crippen molar-refractivity contribution >= 4 is 32.7 Å². The number of carbonyl (C=O) groups is 2. The Kier molecular flexibility index (Phi) is 11.2. The van der Waals surface area contributed by atoms with Crippen molar-refractivity contribution < 1.29 is 31.3 Å². The molecule has 0 aliphatic rings. The van der Waals surface area contributed by atoms with E-state index in [-0.39, 0.29) is 16.7 Å². The molecule has 0 fully saturated rings. The van der Waals surface area contributed by atoms with Crippen molar-refractivity contribution in [1.29, 1.82) is 0 Å². The van der Waals surface area contributed by atoms with E-state index in [9.17, 15) is 31.4 Å². The highest BCUT2D eigenvalue weighted by Crippen LogP contribution is 2.35. The fraction of sp³-hybridized carbons (Fsp3) is 0.424. The number of alkyl carbamates (subject to hydrolysis) is 1. The van der Waals surface area contributed by atoms with E-state index in [4.69, 9.17) is 4.74 Å². The van der Waals surface area contributed by atoms with Gasteiger partial charge in [-0.05, 0) is 102 Å². The van der Waals surface area contributed by atoms with Crippen molar-refractivity contribution in [3.8, 4) is 11.1 Å². The summed E-state index contributed by atoms with van der Waals surface area (Å²) in [7, 11) is -4.02. The number of pyridine rings is 1. The van der Waals surface area contributed by atoms with Crippen LogP contribution in [-0.2, 0) is 32.6 Å². The van der Waals surface area contributed by atoms with Crippen LogP contribution in [0.4, 0.5) is 9.18 Å². The van der Waals surface area contributed by atoms with E-state index >= 15 is 0 Å². The average molecular weight is 676 g/mol. The number of halogens is 1. The van der Waals surface area contributed by atoms with Crippen LogP contribution in [0.25, 0.3) is 11.1 Å². The Labute approximate surface area is 272 Å². The van der Waals surface area contributed by atoms with Gasteiger partial charge in [0, 0.05) is 47.6 Å². The van der Waals surface area contributed by atoms with Crippen LogP contribution in [-0.4, -0.2) is 45.3 Å². The number of benzene rings is 2. The zero-order valence-corrected chi connectivity index (χ0v) is 29.2. The molecule has 3 atom stereocenters. The SMILES string of the molecule is CC(c1ccc(C(=O)c2ccc(F)cc2)c(-c2cn(C)c(=O)cc2[C@H](C)NS(=O)C(C)(C)C)c1)S(=O)(=O)COC(=O)NC(C)(C)C. The number of hydrogen-bond donors (Lipinski definition) is 2. The van der Waals surface area contributed by atoms with E-state index in [2.05, 4.69) is 10.0 Å². The largest absolute Gasteiger partial charge is 0.433 e. The Morgan fingerprint density at radius 2 is 1.59 bits per heavy atom. The lowest BCUT2D eigenvalue weighted by atomic mass is 9.89. The lowest BCUT2D eigenvalue weighted by molar-refractivity contribution is 0.103. The quantitative estimate of drug-likeness (QED) is 0.271. The summed E-state index contributed by atoms with van der Waals surface area (Å²) in [5, 5.41) is 1.38. The average Bonchev–Trinajstić information content (AvgIpc) is 2.95. The Morgan fingerprint density at radius 3 is 2.15 bits per heavy atom. The summed E-state index contributed by atoms with van der Waals surface area (Å²) in [4.78, 5) is 38.8. The zero-order chi connectivity index (χ0) is 34.8. The molecule has 2 N–H and O–H groups in total. The van der Waals surface area contributed by atoms with Gasteiger partial charge in [-0.2, -0.15) is 0 Å². The molecule has 2 unspecified atom stereocenters. The van der Waals surface area contributed by atoms with Crippen LogP contribution >= 0.6 is 0 Å². The van der Waals surface area contributed by atoms with Gasteiger partial charge in [-0.1, -0.05) is 12.1 Å². The van der Waals surface area contributed by atoms with Crippen molar-refractivity contribution in [1.82, 2.24) is 14.6 Å². The minimum Gasteiger partial charge on any atom is -0.433 e. The number of nitrogens with one attached hydrogen (secondary N) is 2. The maximum absolute atomic E-state index is 13.8. The maximum Gasteiger partial charge on any atom is 0.408 e. The van der Waals surface area contributed by atoms with Crippen LogP contribution in [0.1, 0.15) is 93.7 Å². The molecule has 0 saturated carbocycles. The number of aryl methyl sites for hydroxylation is 1. The van der Waals surface area contributed by atoms with Gasteiger partial charge >= 0.3 is 6.09 Å². The minimum atomic E-state index is -4.04. The Hall–Kier alpha value is -3.68. The van der Waals surface area contributed by atoms with Gasteiger partial charge in [-0.15, -0.1) is 0 Å². The molecular formula is C33H42FN3O7S2. The molecule has 1 amide bonds. The summed E-state index contributed by atoms with van der Waals surface area (Å²) >= 11 is 0. The number of carbonyl (C=O) groups excluding carboxylic acids is 2. The molecule has 13 heteroatoms. The molecule has 250 valence electrons. The van der Waals surface area contributed by atoms with Gasteiger partial charge in [0.1, 0.15) is 5.82 Å². The number of ether oxygens (including phenoxy) is 1. The highest BCUT2D eigenvalue weighted by atomic mass is 32.2. The van der Waals surface area contributed by atoms with E-state index in [0.717, 1.165) is 12.1 Å². The van der Waals surface area contributed by atoms with Gasteiger partial charge in [0.25, 0.3) is 5.56 Å². The summed E-state index contributed by atoms with van der Waals surface area (Å²) in [5.41, 5.74) is 0.844. The maximum atomic E-state index is 13.8. The Bertz CT molecular complexity index is 1810. The number of hydrogen-bond acceptors (Lipinski definition) is 7. The molecule has 46 heavy (non-hydrogen) atoms. The van der Waals surface area contributed by atoms with Crippen molar-refractivity contribution in [2.45, 2.75) is 77.0 Å². The molecule has 3 aromatic rings. The predicted octanol–water partition coefficient (Wildman–Crippen LogP) is 5.49. The van der Waals surface area contributed by atoms with Crippen molar-refractivity contribution in [2.24, 2.45) is 7.05 Å². The van der Waals surface area contributed by atoms with E-state index in [1.54, 1.807) is 61.6 Å². The molecule has 0 aliphatic heterocycles. The number of nitrogens with zero attached hydrogens (tertiary/aromatic N) is 1.